The van der Waals surface area contributed by atoms with Crippen molar-refractivity contribution in [1.82, 2.24) is 4.72 Å². The van der Waals surface area contributed by atoms with Crippen molar-refractivity contribution in [3.05, 3.63) is 63.7 Å². The van der Waals surface area contributed by atoms with Gasteiger partial charge in [-0.3, -0.25) is 0 Å². The van der Waals surface area contributed by atoms with Gasteiger partial charge >= 0.3 is 29.6 Å². The molecule has 0 bridgehead atoms. The third-order valence-corrected chi connectivity index (χ3v) is 6.78. The summed E-state index contributed by atoms with van der Waals surface area (Å²) in [5.41, 5.74) is 4.34. The standard InChI is InChI=1S/C20H22ClNO4S.Na/c1-13-2-3-14-12-16(6-9-19(14)18(13)10-11-20(23)24)22-27(25,26)17-7-4-15(21)5-8-17;/h2-5,7-8,16,22H,6,9-12H2,1H3,(H,23,24);/q;+1/p-1/t16-;/m1./s1. The number of halogens is 1. The molecule has 1 aliphatic rings. The molecule has 0 heterocycles. The van der Waals surface area contributed by atoms with E-state index in [9.17, 15) is 18.3 Å². The summed E-state index contributed by atoms with van der Waals surface area (Å²) >= 11 is 5.83. The van der Waals surface area contributed by atoms with Crippen LogP contribution in [0.15, 0.2) is 41.3 Å². The van der Waals surface area contributed by atoms with Crippen LogP contribution in [-0.4, -0.2) is 20.4 Å². The Morgan fingerprint density at radius 1 is 1.21 bits per heavy atom. The second-order valence-corrected chi connectivity index (χ2v) is 9.04. The first-order valence-electron chi connectivity index (χ1n) is 8.84. The Bertz CT molecular complexity index is 961. The normalized spacial score (nSPS) is 16.1. The van der Waals surface area contributed by atoms with Crippen molar-refractivity contribution in [3.8, 4) is 0 Å². The van der Waals surface area contributed by atoms with E-state index < -0.39 is 16.0 Å². The number of rotatable bonds is 6. The van der Waals surface area contributed by atoms with Gasteiger partial charge in [0.25, 0.3) is 0 Å². The van der Waals surface area contributed by atoms with E-state index in [0.717, 1.165) is 22.3 Å². The van der Waals surface area contributed by atoms with E-state index in [-0.39, 0.29) is 46.9 Å². The summed E-state index contributed by atoms with van der Waals surface area (Å²) < 4.78 is 28.0. The molecule has 1 aliphatic carbocycles. The fourth-order valence-corrected chi connectivity index (χ4v) is 5.02. The fraction of sp³-hybridized carbons (Fsp3) is 0.350. The van der Waals surface area contributed by atoms with Crippen molar-refractivity contribution in [1.29, 1.82) is 0 Å². The summed E-state index contributed by atoms with van der Waals surface area (Å²) in [6, 6.07) is 9.87. The van der Waals surface area contributed by atoms with Crippen molar-refractivity contribution in [3.63, 3.8) is 0 Å². The Morgan fingerprint density at radius 3 is 2.54 bits per heavy atom. The van der Waals surface area contributed by atoms with Gasteiger partial charge in [0.2, 0.25) is 10.0 Å². The molecule has 0 amide bonds. The van der Waals surface area contributed by atoms with Crippen LogP contribution in [0.2, 0.25) is 5.02 Å². The van der Waals surface area contributed by atoms with Crippen LogP contribution in [-0.2, 0) is 34.1 Å². The van der Waals surface area contributed by atoms with Crippen LogP contribution in [0.5, 0.6) is 0 Å². The third kappa shape index (κ3) is 5.59. The quantitative estimate of drug-likeness (QED) is 0.607. The average molecular weight is 430 g/mol. The molecule has 0 aliphatic heterocycles. The summed E-state index contributed by atoms with van der Waals surface area (Å²) in [5.74, 6) is -1.06. The molecule has 28 heavy (non-hydrogen) atoms. The van der Waals surface area contributed by atoms with Gasteiger partial charge in [0.1, 0.15) is 0 Å². The molecule has 5 nitrogen and oxygen atoms in total. The van der Waals surface area contributed by atoms with E-state index in [1.807, 2.05) is 19.1 Å². The largest absolute Gasteiger partial charge is 1.00 e. The second-order valence-electron chi connectivity index (χ2n) is 6.89. The molecular formula is C20H21ClNNaO4S. The zero-order valence-corrected chi connectivity index (χ0v) is 19.6. The van der Waals surface area contributed by atoms with Crippen molar-refractivity contribution >= 4 is 27.6 Å². The average Bonchev–Trinajstić information content (AvgIpc) is 2.61. The Balaban J connectivity index is 0.00000280. The van der Waals surface area contributed by atoms with Crippen LogP contribution >= 0.6 is 11.6 Å². The number of carbonyl (C=O) groups is 1. The van der Waals surface area contributed by atoms with Gasteiger partial charge in [0.15, 0.2) is 0 Å². The van der Waals surface area contributed by atoms with E-state index in [2.05, 4.69) is 4.72 Å². The molecular weight excluding hydrogens is 409 g/mol. The number of benzene rings is 2. The minimum absolute atomic E-state index is 0. The number of sulfonamides is 1. The van der Waals surface area contributed by atoms with Crippen molar-refractivity contribution in [2.24, 2.45) is 0 Å². The molecule has 0 radical (unpaired) electrons. The van der Waals surface area contributed by atoms with Crippen molar-refractivity contribution in [2.45, 2.75) is 50.0 Å². The van der Waals surface area contributed by atoms with Gasteiger partial charge in [-0.2, -0.15) is 0 Å². The summed E-state index contributed by atoms with van der Waals surface area (Å²) in [5, 5.41) is 11.3. The van der Waals surface area contributed by atoms with Gasteiger partial charge in [-0.25, -0.2) is 13.1 Å². The molecule has 0 unspecified atom stereocenters. The van der Waals surface area contributed by atoms with Gasteiger partial charge < -0.3 is 9.90 Å². The van der Waals surface area contributed by atoms with Gasteiger partial charge in [-0.1, -0.05) is 23.7 Å². The number of aliphatic carboxylic acids is 1. The first kappa shape index (κ1) is 23.4. The van der Waals surface area contributed by atoms with Crippen LogP contribution in [0, 0.1) is 6.92 Å². The Hall–Kier alpha value is -0.890. The number of carboxylic acid groups (broad SMARTS) is 1. The SMILES string of the molecule is Cc1ccc2c(c1CCC(=O)[O-])CC[C@@H](NS(=O)(=O)c1ccc(Cl)cc1)C2.[Na+]. The summed E-state index contributed by atoms with van der Waals surface area (Å²) in [6.07, 6.45) is 2.40. The predicted molar refractivity (Wildman–Crippen MR) is 102 cm³/mol. The van der Waals surface area contributed by atoms with Gasteiger partial charge in [0.05, 0.1) is 4.90 Å². The van der Waals surface area contributed by atoms with Crippen LogP contribution < -0.4 is 39.4 Å². The van der Waals surface area contributed by atoms with Crippen LogP contribution in [0.1, 0.15) is 35.1 Å². The van der Waals surface area contributed by atoms with Gasteiger partial charge in [0, 0.05) is 17.0 Å². The number of hydrogen-bond acceptors (Lipinski definition) is 4. The predicted octanol–water partition coefficient (Wildman–Crippen LogP) is -0.829. The molecule has 1 atom stereocenters. The number of nitrogens with one attached hydrogen (secondary N) is 1. The first-order valence-corrected chi connectivity index (χ1v) is 10.7. The molecule has 2 aromatic carbocycles. The van der Waals surface area contributed by atoms with Crippen molar-refractivity contribution in [2.75, 3.05) is 0 Å². The maximum absolute atomic E-state index is 12.6. The summed E-state index contributed by atoms with van der Waals surface area (Å²) in [7, 11) is -3.61. The Kier molecular flexibility index (Phi) is 8.14. The van der Waals surface area contributed by atoms with E-state index >= 15 is 0 Å². The van der Waals surface area contributed by atoms with E-state index in [0.29, 0.717) is 30.7 Å². The van der Waals surface area contributed by atoms with Crippen LogP contribution in [0.25, 0.3) is 0 Å². The number of carboxylic acids is 1. The first-order chi connectivity index (χ1) is 12.8. The number of carbonyl (C=O) groups excluding carboxylic acids is 1. The molecule has 0 aromatic heterocycles. The van der Waals surface area contributed by atoms with Crippen LogP contribution in [0.3, 0.4) is 0 Å². The summed E-state index contributed by atoms with van der Waals surface area (Å²) in [4.78, 5) is 11.0. The Labute approximate surface area is 192 Å². The summed E-state index contributed by atoms with van der Waals surface area (Å²) in [6.45, 7) is 1.97. The molecule has 144 valence electrons. The number of aryl methyl sites for hydroxylation is 1. The molecule has 2 aromatic rings. The van der Waals surface area contributed by atoms with E-state index in [1.54, 1.807) is 12.1 Å². The molecule has 0 saturated heterocycles. The zero-order chi connectivity index (χ0) is 19.6. The van der Waals surface area contributed by atoms with E-state index in [1.165, 1.54) is 12.1 Å². The minimum Gasteiger partial charge on any atom is -0.550 e. The van der Waals surface area contributed by atoms with Gasteiger partial charge in [-0.05, 0) is 85.5 Å². The van der Waals surface area contributed by atoms with E-state index in [4.69, 9.17) is 11.6 Å². The molecule has 3 rings (SSSR count). The molecule has 1 N–H and O–H groups in total. The van der Waals surface area contributed by atoms with Crippen molar-refractivity contribution < 1.29 is 47.9 Å². The number of fused-ring (bicyclic) bond motifs is 1. The maximum Gasteiger partial charge on any atom is 1.00 e. The topological polar surface area (TPSA) is 86.3 Å². The number of hydrogen-bond donors (Lipinski definition) is 1. The van der Waals surface area contributed by atoms with Gasteiger partial charge in [-0.15, -0.1) is 0 Å². The monoisotopic (exact) mass is 429 g/mol. The van der Waals surface area contributed by atoms with Crippen LogP contribution in [0.4, 0.5) is 0 Å². The minimum atomic E-state index is -3.61. The smallest absolute Gasteiger partial charge is 0.550 e. The molecule has 0 saturated carbocycles. The Morgan fingerprint density at radius 2 is 1.89 bits per heavy atom. The fourth-order valence-electron chi connectivity index (χ4n) is 3.62. The second kappa shape index (κ2) is 9.74. The zero-order valence-electron chi connectivity index (χ0n) is 16.0. The molecule has 0 fully saturated rings. The maximum atomic E-state index is 12.6. The third-order valence-electron chi connectivity index (χ3n) is 5.00. The molecule has 0 spiro atoms. The molecule has 8 heteroatoms.